The van der Waals surface area contributed by atoms with E-state index in [1.165, 1.54) is 43.2 Å². The van der Waals surface area contributed by atoms with Crippen LogP contribution in [0.25, 0.3) is 0 Å². The van der Waals surface area contributed by atoms with E-state index in [0.717, 1.165) is 5.56 Å². The summed E-state index contributed by atoms with van der Waals surface area (Å²) in [6.07, 6.45) is 5.88. The summed E-state index contributed by atoms with van der Waals surface area (Å²) in [6.45, 7) is 0.698. The molecule has 2 heteroatoms. The van der Waals surface area contributed by atoms with Gasteiger partial charge in [0, 0.05) is 12.6 Å². The summed E-state index contributed by atoms with van der Waals surface area (Å²) < 4.78 is 0. The largest absolute Gasteiger partial charge is 0.387 e. The van der Waals surface area contributed by atoms with Crippen molar-refractivity contribution >= 4 is 0 Å². The molecule has 2 nitrogen and oxygen atoms in total. The van der Waals surface area contributed by atoms with Crippen molar-refractivity contribution in [1.29, 1.82) is 0 Å². The molecule has 0 spiro atoms. The molecular weight excluding hydrogens is 198 g/mol. The normalized spacial score (nSPS) is 20.8. The third-order valence-electron chi connectivity index (χ3n) is 3.68. The van der Waals surface area contributed by atoms with Crippen molar-refractivity contribution in [1.82, 2.24) is 5.32 Å². The van der Waals surface area contributed by atoms with Gasteiger partial charge in [-0.15, -0.1) is 0 Å². The third kappa shape index (κ3) is 2.13. The zero-order chi connectivity index (χ0) is 11.0. The summed E-state index contributed by atoms with van der Waals surface area (Å²) in [5, 5.41) is 13.4. The van der Waals surface area contributed by atoms with Crippen LogP contribution in [0.1, 0.15) is 42.1 Å². The number of hydrogen-bond acceptors (Lipinski definition) is 2. The molecule has 86 valence electrons. The second-order valence-corrected chi connectivity index (χ2v) is 5.08. The molecule has 1 fully saturated rings. The van der Waals surface area contributed by atoms with E-state index in [0.29, 0.717) is 12.6 Å². The van der Waals surface area contributed by atoms with E-state index in [4.69, 9.17) is 0 Å². The summed E-state index contributed by atoms with van der Waals surface area (Å²) in [7, 11) is 0. The Bertz CT molecular complexity index is 384. The first kappa shape index (κ1) is 10.3. The Kier molecular flexibility index (Phi) is 2.70. The number of nitrogens with one attached hydrogen (secondary N) is 1. The third-order valence-corrected chi connectivity index (χ3v) is 3.68. The number of benzene rings is 1. The van der Waals surface area contributed by atoms with Crippen LogP contribution in [0.3, 0.4) is 0 Å². The highest BCUT2D eigenvalue weighted by molar-refractivity contribution is 5.36. The van der Waals surface area contributed by atoms with E-state index in [2.05, 4.69) is 23.5 Å². The standard InChI is InChI=1S/C14H19NO/c16-14(9-15-13-6-7-13)12-5-4-10-2-1-3-11(10)8-12/h4-5,8,13-16H,1-3,6-7,9H2. The van der Waals surface area contributed by atoms with Gasteiger partial charge in [-0.1, -0.05) is 18.2 Å². The SMILES string of the molecule is OC(CNC1CC1)c1ccc2c(c1)CCC2. The van der Waals surface area contributed by atoms with E-state index >= 15 is 0 Å². The van der Waals surface area contributed by atoms with Crippen LogP contribution < -0.4 is 5.32 Å². The van der Waals surface area contributed by atoms with E-state index in [-0.39, 0.29) is 6.10 Å². The molecule has 1 aromatic carbocycles. The number of aliphatic hydroxyl groups is 1. The van der Waals surface area contributed by atoms with Crippen molar-refractivity contribution in [3.8, 4) is 0 Å². The minimum Gasteiger partial charge on any atom is -0.387 e. The average molecular weight is 217 g/mol. The van der Waals surface area contributed by atoms with Gasteiger partial charge in [0.05, 0.1) is 6.10 Å². The van der Waals surface area contributed by atoms with E-state index in [1.54, 1.807) is 0 Å². The smallest absolute Gasteiger partial charge is 0.0914 e. The Morgan fingerprint density at radius 2 is 2.06 bits per heavy atom. The van der Waals surface area contributed by atoms with Gasteiger partial charge in [-0.3, -0.25) is 0 Å². The molecule has 2 aliphatic carbocycles. The topological polar surface area (TPSA) is 32.3 Å². The number of rotatable bonds is 4. The molecule has 0 bridgehead atoms. The van der Waals surface area contributed by atoms with Crippen molar-refractivity contribution in [2.75, 3.05) is 6.54 Å². The average Bonchev–Trinajstić information content (AvgIpc) is 3.01. The summed E-state index contributed by atoms with van der Waals surface area (Å²) in [5.74, 6) is 0. The van der Waals surface area contributed by atoms with Gasteiger partial charge in [-0.25, -0.2) is 0 Å². The Hall–Kier alpha value is -0.860. The van der Waals surface area contributed by atoms with E-state index < -0.39 is 0 Å². The van der Waals surface area contributed by atoms with Crippen molar-refractivity contribution in [2.24, 2.45) is 0 Å². The lowest BCUT2D eigenvalue weighted by Crippen LogP contribution is -2.23. The van der Waals surface area contributed by atoms with Crippen LogP contribution in [0.2, 0.25) is 0 Å². The summed E-state index contributed by atoms with van der Waals surface area (Å²) in [4.78, 5) is 0. The van der Waals surface area contributed by atoms with Gasteiger partial charge in [0.15, 0.2) is 0 Å². The number of hydrogen-bond donors (Lipinski definition) is 2. The minimum atomic E-state index is -0.341. The lowest BCUT2D eigenvalue weighted by Gasteiger charge is -2.13. The Balaban J connectivity index is 1.67. The number of aliphatic hydroxyl groups excluding tert-OH is 1. The van der Waals surface area contributed by atoms with Crippen LogP contribution in [0, 0.1) is 0 Å². The maximum absolute atomic E-state index is 10.1. The first-order valence-corrected chi connectivity index (χ1v) is 6.36. The first-order chi connectivity index (χ1) is 7.83. The van der Waals surface area contributed by atoms with Gasteiger partial charge in [-0.2, -0.15) is 0 Å². The van der Waals surface area contributed by atoms with Gasteiger partial charge in [0.2, 0.25) is 0 Å². The van der Waals surface area contributed by atoms with Gasteiger partial charge in [0.25, 0.3) is 0 Å². The minimum absolute atomic E-state index is 0.341. The van der Waals surface area contributed by atoms with Gasteiger partial charge >= 0.3 is 0 Å². The molecule has 0 radical (unpaired) electrons. The summed E-state index contributed by atoms with van der Waals surface area (Å²) >= 11 is 0. The van der Waals surface area contributed by atoms with E-state index in [9.17, 15) is 5.11 Å². The molecule has 2 N–H and O–H groups in total. The van der Waals surface area contributed by atoms with Gasteiger partial charge in [-0.05, 0) is 48.8 Å². The molecule has 1 saturated carbocycles. The second-order valence-electron chi connectivity index (χ2n) is 5.08. The van der Waals surface area contributed by atoms with Gasteiger partial charge in [0.1, 0.15) is 0 Å². The fourth-order valence-corrected chi connectivity index (χ4v) is 2.48. The van der Waals surface area contributed by atoms with Crippen molar-refractivity contribution in [3.05, 3.63) is 34.9 Å². The molecule has 0 amide bonds. The maximum atomic E-state index is 10.1. The van der Waals surface area contributed by atoms with Gasteiger partial charge < -0.3 is 10.4 Å². The molecule has 2 aliphatic rings. The fraction of sp³-hybridized carbons (Fsp3) is 0.571. The highest BCUT2D eigenvalue weighted by Gasteiger charge is 2.22. The van der Waals surface area contributed by atoms with Crippen LogP contribution in [0.4, 0.5) is 0 Å². The lowest BCUT2D eigenvalue weighted by molar-refractivity contribution is 0.174. The molecular formula is C14H19NO. The monoisotopic (exact) mass is 217 g/mol. The molecule has 0 aliphatic heterocycles. The molecule has 16 heavy (non-hydrogen) atoms. The molecule has 3 rings (SSSR count). The maximum Gasteiger partial charge on any atom is 0.0914 e. The quantitative estimate of drug-likeness (QED) is 0.808. The van der Waals surface area contributed by atoms with Crippen LogP contribution in [-0.2, 0) is 12.8 Å². The fourth-order valence-electron chi connectivity index (χ4n) is 2.48. The van der Waals surface area contributed by atoms with Crippen molar-refractivity contribution < 1.29 is 5.11 Å². The Morgan fingerprint density at radius 3 is 2.88 bits per heavy atom. The molecule has 1 atom stereocenters. The molecule has 0 aromatic heterocycles. The summed E-state index contributed by atoms with van der Waals surface area (Å²) in [6, 6.07) is 7.15. The highest BCUT2D eigenvalue weighted by atomic mass is 16.3. The van der Waals surface area contributed by atoms with Crippen LogP contribution in [0.5, 0.6) is 0 Å². The van der Waals surface area contributed by atoms with E-state index in [1.807, 2.05) is 0 Å². The second kappa shape index (κ2) is 4.19. The van der Waals surface area contributed by atoms with Crippen LogP contribution in [-0.4, -0.2) is 17.7 Å². The zero-order valence-corrected chi connectivity index (χ0v) is 9.58. The molecule has 0 heterocycles. The van der Waals surface area contributed by atoms with Crippen LogP contribution in [0.15, 0.2) is 18.2 Å². The van der Waals surface area contributed by atoms with Crippen LogP contribution >= 0.6 is 0 Å². The Morgan fingerprint density at radius 1 is 1.25 bits per heavy atom. The highest BCUT2D eigenvalue weighted by Crippen LogP contribution is 2.26. The predicted molar refractivity (Wildman–Crippen MR) is 64.5 cm³/mol. The first-order valence-electron chi connectivity index (χ1n) is 6.36. The summed E-state index contributed by atoms with van der Waals surface area (Å²) in [5.41, 5.74) is 4.00. The van der Waals surface area contributed by atoms with Crippen molar-refractivity contribution in [2.45, 2.75) is 44.2 Å². The molecule has 1 unspecified atom stereocenters. The number of aryl methyl sites for hydroxylation is 2. The molecule has 1 aromatic rings. The Labute approximate surface area is 96.7 Å². The van der Waals surface area contributed by atoms with Crippen molar-refractivity contribution in [3.63, 3.8) is 0 Å². The molecule has 0 saturated heterocycles. The predicted octanol–water partition coefficient (Wildman–Crippen LogP) is 1.96. The zero-order valence-electron chi connectivity index (χ0n) is 9.58. The lowest BCUT2D eigenvalue weighted by atomic mass is 10.0. The number of fused-ring (bicyclic) bond motifs is 1.